The van der Waals surface area contributed by atoms with Crippen molar-refractivity contribution < 1.29 is 22.3 Å². The Hall–Kier alpha value is -1.91. The van der Waals surface area contributed by atoms with Gasteiger partial charge in [-0.2, -0.15) is 0 Å². The van der Waals surface area contributed by atoms with E-state index in [2.05, 4.69) is 4.74 Å². The van der Waals surface area contributed by atoms with Crippen LogP contribution < -0.4 is 4.74 Å². The standard InChI is InChI=1S/C12H9F3O2/c1-8-5-9(11-3-2-4-16-11)7-10(6-8)17-12(13,14)15/h2-7H,1H3. The Bertz CT molecular complexity index is 501. The molecule has 0 aliphatic rings. The molecule has 0 aliphatic heterocycles. The van der Waals surface area contributed by atoms with Crippen molar-refractivity contribution in [1.82, 2.24) is 0 Å². The first-order valence-electron chi connectivity index (χ1n) is 4.85. The van der Waals surface area contributed by atoms with Crippen molar-refractivity contribution in [1.29, 1.82) is 0 Å². The molecule has 0 N–H and O–H groups in total. The molecule has 0 saturated heterocycles. The highest BCUT2D eigenvalue weighted by molar-refractivity contribution is 5.60. The van der Waals surface area contributed by atoms with Gasteiger partial charge in [-0.05, 0) is 42.8 Å². The third kappa shape index (κ3) is 3.03. The van der Waals surface area contributed by atoms with Crippen LogP contribution in [0, 0.1) is 6.92 Å². The van der Waals surface area contributed by atoms with E-state index in [1.165, 1.54) is 18.4 Å². The van der Waals surface area contributed by atoms with Gasteiger partial charge in [-0.15, -0.1) is 13.2 Å². The van der Waals surface area contributed by atoms with Crippen LogP contribution in [0.1, 0.15) is 5.56 Å². The van der Waals surface area contributed by atoms with E-state index in [0.29, 0.717) is 16.9 Å². The van der Waals surface area contributed by atoms with E-state index >= 15 is 0 Å². The highest BCUT2D eigenvalue weighted by Crippen LogP contribution is 2.29. The first-order valence-corrected chi connectivity index (χ1v) is 4.85. The van der Waals surface area contributed by atoms with Gasteiger partial charge in [0, 0.05) is 5.56 Å². The summed E-state index contributed by atoms with van der Waals surface area (Å²) >= 11 is 0. The lowest BCUT2D eigenvalue weighted by atomic mass is 10.1. The van der Waals surface area contributed by atoms with Gasteiger partial charge >= 0.3 is 6.36 Å². The highest BCUT2D eigenvalue weighted by Gasteiger charge is 2.31. The Labute approximate surface area is 95.6 Å². The predicted octanol–water partition coefficient (Wildman–Crippen LogP) is 4.15. The molecule has 0 radical (unpaired) electrons. The molecule has 1 aromatic heterocycles. The topological polar surface area (TPSA) is 22.4 Å². The summed E-state index contributed by atoms with van der Waals surface area (Å²) in [6.45, 7) is 1.69. The molecule has 0 unspecified atom stereocenters. The monoisotopic (exact) mass is 242 g/mol. The van der Waals surface area contributed by atoms with Crippen LogP contribution >= 0.6 is 0 Å². The van der Waals surface area contributed by atoms with Crippen molar-refractivity contribution in [2.24, 2.45) is 0 Å². The average Bonchev–Trinajstić information content (AvgIpc) is 2.65. The minimum Gasteiger partial charge on any atom is -0.464 e. The number of furan rings is 1. The van der Waals surface area contributed by atoms with E-state index in [-0.39, 0.29) is 5.75 Å². The Morgan fingerprint density at radius 2 is 1.94 bits per heavy atom. The average molecular weight is 242 g/mol. The zero-order valence-electron chi connectivity index (χ0n) is 8.91. The second kappa shape index (κ2) is 4.16. The molecular formula is C12H9F3O2. The maximum Gasteiger partial charge on any atom is 0.573 e. The largest absolute Gasteiger partial charge is 0.573 e. The normalized spacial score (nSPS) is 11.5. The van der Waals surface area contributed by atoms with E-state index in [0.717, 1.165) is 0 Å². The van der Waals surface area contributed by atoms with Crippen LogP contribution in [0.3, 0.4) is 0 Å². The Kier molecular flexibility index (Phi) is 2.83. The van der Waals surface area contributed by atoms with Crippen molar-refractivity contribution in [2.45, 2.75) is 13.3 Å². The summed E-state index contributed by atoms with van der Waals surface area (Å²) in [6.07, 6.45) is -3.23. The third-order valence-corrected chi connectivity index (χ3v) is 2.09. The number of halogens is 3. The SMILES string of the molecule is Cc1cc(OC(F)(F)F)cc(-c2ccco2)c1. The summed E-state index contributed by atoms with van der Waals surface area (Å²) < 4.78 is 45.3. The number of rotatable bonds is 2. The molecular weight excluding hydrogens is 233 g/mol. The van der Waals surface area contributed by atoms with Gasteiger partial charge in [-0.25, -0.2) is 0 Å². The molecule has 17 heavy (non-hydrogen) atoms. The predicted molar refractivity (Wildman–Crippen MR) is 55.6 cm³/mol. The zero-order valence-corrected chi connectivity index (χ0v) is 8.91. The van der Waals surface area contributed by atoms with Crippen molar-refractivity contribution >= 4 is 0 Å². The molecule has 2 aromatic rings. The summed E-state index contributed by atoms with van der Waals surface area (Å²) in [5.41, 5.74) is 1.22. The van der Waals surface area contributed by atoms with E-state index < -0.39 is 6.36 Å². The van der Waals surface area contributed by atoms with Gasteiger partial charge in [0.05, 0.1) is 6.26 Å². The second-order valence-corrected chi connectivity index (χ2v) is 3.56. The highest BCUT2D eigenvalue weighted by atomic mass is 19.4. The molecule has 0 spiro atoms. The number of ether oxygens (including phenoxy) is 1. The lowest BCUT2D eigenvalue weighted by molar-refractivity contribution is -0.274. The van der Waals surface area contributed by atoms with Gasteiger partial charge in [0.25, 0.3) is 0 Å². The fourth-order valence-corrected chi connectivity index (χ4v) is 1.53. The molecule has 0 aliphatic carbocycles. The Balaban J connectivity index is 2.36. The van der Waals surface area contributed by atoms with E-state index in [1.54, 1.807) is 25.1 Å². The molecule has 1 heterocycles. The molecule has 0 bridgehead atoms. The fraction of sp³-hybridized carbons (Fsp3) is 0.167. The summed E-state index contributed by atoms with van der Waals surface area (Å²) in [7, 11) is 0. The quantitative estimate of drug-likeness (QED) is 0.789. The van der Waals surface area contributed by atoms with Crippen LogP contribution in [0.15, 0.2) is 41.0 Å². The van der Waals surface area contributed by atoms with Crippen LogP contribution in [-0.2, 0) is 0 Å². The van der Waals surface area contributed by atoms with Gasteiger partial charge in [0.1, 0.15) is 11.5 Å². The number of hydrogen-bond donors (Lipinski definition) is 0. The number of aryl methyl sites for hydroxylation is 1. The minimum atomic E-state index is -4.69. The van der Waals surface area contributed by atoms with Gasteiger partial charge in [0.2, 0.25) is 0 Å². The number of benzene rings is 1. The van der Waals surface area contributed by atoms with Crippen LogP contribution in [0.2, 0.25) is 0 Å². The maximum atomic E-state index is 12.1. The summed E-state index contributed by atoms with van der Waals surface area (Å²) in [5.74, 6) is 0.254. The fourth-order valence-electron chi connectivity index (χ4n) is 1.53. The van der Waals surface area contributed by atoms with Crippen LogP contribution in [0.5, 0.6) is 5.75 Å². The molecule has 0 amide bonds. The molecule has 0 fully saturated rings. The molecule has 90 valence electrons. The van der Waals surface area contributed by atoms with Crippen molar-refractivity contribution in [2.75, 3.05) is 0 Å². The summed E-state index contributed by atoms with van der Waals surface area (Å²) in [5, 5.41) is 0. The van der Waals surface area contributed by atoms with Crippen molar-refractivity contribution in [3.05, 3.63) is 42.2 Å². The molecule has 2 rings (SSSR count). The van der Waals surface area contributed by atoms with Crippen molar-refractivity contribution in [3.8, 4) is 17.1 Å². The van der Waals surface area contributed by atoms with Gasteiger partial charge in [0.15, 0.2) is 0 Å². The number of alkyl halides is 3. The smallest absolute Gasteiger partial charge is 0.464 e. The van der Waals surface area contributed by atoms with Crippen LogP contribution in [-0.4, -0.2) is 6.36 Å². The molecule has 0 saturated carbocycles. The minimum absolute atomic E-state index is 0.246. The van der Waals surface area contributed by atoms with E-state index in [9.17, 15) is 13.2 Å². The number of hydrogen-bond acceptors (Lipinski definition) is 2. The first kappa shape index (κ1) is 11.6. The third-order valence-electron chi connectivity index (χ3n) is 2.09. The molecule has 5 heteroatoms. The molecule has 1 aromatic carbocycles. The summed E-state index contributed by atoms with van der Waals surface area (Å²) in [4.78, 5) is 0. The van der Waals surface area contributed by atoms with E-state index in [4.69, 9.17) is 4.42 Å². The van der Waals surface area contributed by atoms with Gasteiger partial charge < -0.3 is 9.15 Å². The lowest BCUT2D eigenvalue weighted by Gasteiger charge is -2.10. The summed E-state index contributed by atoms with van der Waals surface area (Å²) in [6, 6.07) is 7.68. The Morgan fingerprint density at radius 3 is 2.53 bits per heavy atom. The first-order chi connectivity index (χ1) is 7.94. The molecule has 0 atom stereocenters. The maximum absolute atomic E-state index is 12.1. The van der Waals surface area contributed by atoms with Crippen LogP contribution in [0.25, 0.3) is 11.3 Å². The van der Waals surface area contributed by atoms with Gasteiger partial charge in [-0.1, -0.05) is 0 Å². The van der Waals surface area contributed by atoms with Crippen LogP contribution in [0.4, 0.5) is 13.2 Å². The van der Waals surface area contributed by atoms with Gasteiger partial charge in [-0.3, -0.25) is 0 Å². The lowest BCUT2D eigenvalue weighted by Crippen LogP contribution is -2.17. The molecule has 2 nitrogen and oxygen atoms in total. The Morgan fingerprint density at radius 1 is 1.18 bits per heavy atom. The van der Waals surface area contributed by atoms with E-state index in [1.807, 2.05) is 0 Å². The van der Waals surface area contributed by atoms with Crippen molar-refractivity contribution in [3.63, 3.8) is 0 Å². The second-order valence-electron chi connectivity index (χ2n) is 3.56. The zero-order chi connectivity index (χ0) is 12.5.